The predicted octanol–water partition coefficient (Wildman–Crippen LogP) is 7.15. The highest BCUT2D eigenvalue weighted by molar-refractivity contribution is 6.35. The third-order valence-electron chi connectivity index (χ3n) is 9.97. The molecule has 2 aliphatic rings. The summed E-state index contributed by atoms with van der Waals surface area (Å²) in [4.78, 5) is 32.0. The van der Waals surface area contributed by atoms with Crippen LogP contribution in [0.25, 0.3) is 66.8 Å². The van der Waals surface area contributed by atoms with Gasteiger partial charge in [-0.05, 0) is 59.7 Å². The van der Waals surface area contributed by atoms with Gasteiger partial charge in [0.15, 0.2) is 0 Å². The Morgan fingerprint density at radius 1 is 0.621 bits per heavy atom. The van der Waals surface area contributed by atoms with Crippen molar-refractivity contribution in [2.75, 3.05) is 69.5 Å². The van der Waals surface area contributed by atoms with Crippen LogP contribution >= 0.6 is 23.2 Å². The molecule has 0 spiro atoms. The third kappa shape index (κ3) is 7.47. The Bertz CT molecular complexity index is 2690. The number of ether oxygens (including phenoxy) is 3. The lowest BCUT2D eigenvalue weighted by molar-refractivity contribution is 0.122. The van der Waals surface area contributed by atoms with E-state index in [2.05, 4.69) is 62.3 Å². The maximum Gasteiger partial charge on any atom is 0.232 e. The van der Waals surface area contributed by atoms with E-state index in [9.17, 15) is 0 Å². The van der Waals surface area contributed by atoms with Gasteiger partial charge in [-0.3, -0.25) is 25.1 Å². The zero-order valence-electron chi connectivity index (χ0n) is 31.3. The first kappa shape index (κ1) is 37.3. The molecule has 0 aliphatic carbocycles. The van der Waals surface area contributed by atoms with Gasteiger partial charge in [-0.1, -0.05) is 23.2 Å². The fraction of sp³-hybridized carbons (Fsp3) is 0.220. The summed E-state index contributed by atoms with van der Waals surface area (Å²) in [5.74, 6) is 2.12. The van der Waals surface area contributed by atoms with E-state index in [4.69, 9.17) is 47.4 Å². The minimum Gasteiger partial charge on any atom is -0.480 e. The van der Waals surface area contributed by atoms with E-state index in [1.165, 1.54) is 0 Å². The normalized spacial score (nSPS) is 14.4. The van der Waals surface area contributed by atoms with Crippen LogP contribution in [0.3, 0.4) is 0 Å². The number of methoxy groups -OCH3 is 1. The Morgan fingerprint density at radius 2 is 1.17 bits per heavy atom. The number of nitrogens with one attached hydrogen (secondary N) is 2. The molecule has 2 aliphatic heterocycles. The van der Waals surface area contributed by atoms with Crippen molar-refractivity contribution in [2.45, 2.75) is 0 Å². The molecule has 10 rings (SSSR count). The van der Waals surface area contributed by atoms with Gasteiger partial charge in [0, 0.05) is 91.5 Å². The SMILES string of the molecule is COc1nccc(-c2cc(N3CCOCC3)nc3c(-c4ccn[nH]4)nccc23)c1Cl.Clc1cncc(-c2cc(N3CCOCC3)nc3c(-c4ccn[nH]4)nccc23)c1. The summed E-state index contributed by atoms with van der Waals surface area (Å²) in [6.07, 6.45) is 12.1. The van der Waals surface area contributed by atoms with Crippen molar-refractivity contribution in [1.82, 2.24) is 50.3 Å². The van der Waals surface area contributed by atoms with E-state index in [1.54, 1.807) is 44.3 Å². The molecule has 0 saturated carbocycles. The van der Waals surface area contributed by atoms with E-state index < -0.39 is 0 Å². The van der Waals surface area contributed by atoms with Gasteiger partial charge in [0.05, 0.1) is 49.9 Å². The van der Waals surface area contributed by atoms with Gasteiger partial charge in [0.1, 0.15) is 39.1 Å². The number of aromatic amines is 2. The molecule has 0 atom stereocenters. The van der Waals surface area contributed by atoms with Crippen LogP contribution in [-0.2, 0) is 9.47 Å². The molecule has 10 heterocycles. The number of hydrogen-bond donors (Lipinski definition) is 2. The molecule has 2 saturated heterocycles. The van der Waals surface area contributed by atoms with Gasteiger partial charge in [0.2, 0.25) is 5.88 Å². The number of fused-ring (bicyclic) bond motifs is 2. The number of hydrogen-bond acceptors (Lipinski definition) is 13. The third-order valence-corrected chi connectivity index (χ3v) is 10.5. The van der Waals surface area contributed by atoms with Crippen LogP contribution in [0, 0.1) is 0 Å². The maximum atomic E-state index is 6.65. The lowest BCUT2D eigenvalue weighted by Gasteiger charge is -2.28. The van der Waals surface area contributed by atoms with Crippen LogP contribution in [0.4, 0.5) is 11.6 Å². The molecular formula is C41H36Cl2N12O3. The summed E-state index contributed by atoms with van der Waals surface area (Å²) >= 11 is 12.9. The Morgan fingerprint density at radius 3 is 1.71 bits per heavy atom. The van der Waals surface area contributed by atoms with Gasteiger partial charge in [-0.2, -0.15) is 10.2 Å². The smallest absolute Gasteiger partial charge is 0.232 e. The average Bonchev–Trinajstić information content (AvgIpc) is 4.03. The summed E-state index contributed by atoms with van der Waals surface area (Å²) in [5, 5.41) is 17.1. The highest BCUT2D eigenvalue weighted by Crippen LogP contribution is 2.40. The first-order valence-electron chi connectivity index (χ1n) is 18.6. The summed E-state index contributed by atoms with van der Waals surface area (Å²) in [7, 11) is 1.56. The van der Waals surface area contributed by atoms with Crippen molar-refractivity contribution in [3.8, 4) is 50.9 Å². The van der Waals surface area contributed by atoms with E-state index >= 15 is 0 Å². The first-order valence-corrected chi connectivity index (χ1v) is 19.4. The second-order valence-corrected chi connectivity index (χ2v) is 14.2. The number of nitrogens with zero attached hydrogens (tertiary/aromatic N) is 10. The van der Waals surface area contributed by atoms with Crippen LogP contribution in [0.2, 0.25) is 10.0 Å². The minimum absolute atomic E-state index is 0.384. The summed E-state index contributed by atoms with van der Waals surface area (Å²) < 4.78 is 16.4. The van der Waals surface area contributed by atoms with Crippen LogP contribution in [0.1, 0.15) is 0 Å². The molecule has 2 N–H and O–H groups in total. The van der Waals surface area contributed by atoms with Crippen molar-refractivity contribution in [2.24, 2.45) is 0 Å². The monoisotopic (exact) mass is 814 g/mol. The fourth-order valence-electron chi connectivity index (χ4n) is 7.15. The molecule has 58 heavy (non-hydrogen) atoms. The van der Waals surface area contributed by atoms with E-state index in [0.29, 0.717) is 42.4 Å². The zero-order valence-corrected chi connectivity index (χ0v) is 32.8. The molecule has 0 bridgehead atoms. The molecule has 0 amide bonds. The van der Waals surface area contributed by atoms with Crippen molar-refractivity contribution >= 4 is 56.6 Å². The van der Waals surface area contributed by atoms with Gasteiger partial charge < -0.3 is 24.0 Å². The highest BCUT2D eigenvalue weighted by atomic mass is 35.5. The van der Waals surface area contributed by atoms with E-state index in [0.717, 1.165) is 105 Å². The number of H-pyrrole nitrogens is 2. The second-order valence-electron chi connectivity index (χ2n) is 13.4. The number of aromatic nitrogens is 10. The molecule has 0 radical (unpaired) electrons. The standard InChI is InChI=1S/C21H19ClN6O2.C20H17ClN6O/c1-29-21-18(22)13(2-6-24-21)15-12-17(28-8-10-30-11-9-28)26-19-14(15)3-5-23-20(19)16-4-7-25-27-16;21-14-9-13(11-22-12-14)16-10-18(27-5-7-28-8-6-27)25-19-15(16)1-3-23-20(19)17-2-4-24-26-17/h2-7,12H,8-11H2,1H3,(H,25,27);1-4,9-12H,5-8H2,(H,24,26). The molecule has 8 aromatic heterocycles. The first-order chi connectivity index (χ1) is 28.6. The van der Waals surface area contributed by atoms with Crippen molar-refractivity contribution in [3.63, 3.8) is 0 Å². The summed E-state index contributed by atoms with van der Waals surface area (Å²) in [6.45, 7) is 5.84. The lowest BCUT2D eigenvalue weighted by Crippen LogP contribution is -2.36. The summed E-state index contributed by atoms with van der Waals surface area (Å²) in [5.41, 5.74) is 8.44. The zero-order chi connectivity index (χ0) is 39.4. The number of pyridine rings is 6. The van der Waals surface area contributed by atoms with Gasteiger partial charge in [0.25, 0.3) is 0 Å². The van der Waals surface area contributed by atoms with E-state index in [1.807, 2.05) is 42.6 Å². The highest BCUT2D eigenvalue weighted by Gasteiger charge is 2.22. The Hall–Kier alpha value is -6.26. The number of rotatable bonds is 7. The molecule has 292 valence electrons. The summed E-state index contributed by atoms with van der Waals surface area (Å²) in [6, 6.07) is 15.7. The molecule has 0 aromatic carbocycles. The van der Waals surface area contributed by atoms with Gasteiger partial charge in [-0.15, -0.1) is 0 Å². The average molecular weight is 816 g/mol. The van der Waals surface area contributed by atoms with Crippen molar-refractivity contribution < 1.29 is 14.2 Å². The second kappa shape index (κ2) is 16.7. The number of anilines is 2. The fourth-order valence-corrected chi connectivity index (χ4v) is 7.62. The number of morpholine rings is 2. The minimum atomic E-state index is 0.384. The van der Waals surface area contributed by atoms with Crippen LogP contribution in [0.5, 0.6) is 5.88 Å². The number of halogens is 2. The molecule has 8 aromatic rings. The maximum absolute atomic E-state index is 6.65. The van der Waals surface area contributed by atoms with Gasteiger partial charge >= 0.3 is 0 Å². The largest absolute Gasteiger partial charge is 0.480 e. The van der Waals surface area contributed by atoms with Crippen LogP contribution in [-0.4, -0.2) is 110 Å². The Balaban J connectivity index is 0.000000151. The Kier molecular flexibility index (Phi) is 10.7. The van der Waals surface area contributed by atoms with E-state index in [-0.39, 0.29) is 0 Å². The topological polar surface area (TPSA) is 169 Å². The van der Waals surface area contributed by atoms with Crippen molar-refractivity contribution in [3.05, 3.63) is 102 Å². The quantitative estimate of drug-likeness (QED) is 0.167. The predicted molar refractivity (Wildman–Crippen MR) is 223 cm³/mol. The van der Waals surface area contributed by atoms with Crippen LogP contribution < -0.4 is 14.5 Å². The Labute approximate surface area is 342 Å². The molecule has 0 unspecified atom stereocenters. The lowest BCUT2D eigenvalue weighted by atomic mass is 10.0. The van der Waals surface area contributed by atoms with Gasteiger partial charge in [-0.25, -0.2) is 15.0 Å². The molecule has 15 nitrogen and oxygen atoms in total. The van der Waals surface area contributed by atoms with Crippen LogP contribution in [0.15, 0.2) is 91.9 Å². The molecule has 17 heteroatoms. The molecular weight excluding hydrogens is 779 g/mol. The molecule has 2 fully saturated rings. The van der Waals surface area contributed by atoms with Crippen molar-refractivity contribution in [1.29, 1.82) is 0 Å².